The molecule has 0 fully saturated rings. The van der Waals surface area contributed by atoms with E-state index < -0.39 is 0 Å². The van der Waals surface area contributed by atoms with Crippen LogP contribution in [-0.2, 0) is 4.79 Å². The van der Waals surface area contributed by atoms with Gasteiger partial charge in [0.25, 0.3) is 5.91 Å². The summed E-state index contributed by atoms with van der Waals surface area (Å²) in [5, 5.41) is 13.2. The lowest BCUT2D eigenvalue weighted by Crippen LogP contribution is -2.12. The molecule has 0 spiro atoms. The number of amides is 2. The molecule has 6 heteroatoms. The standard InChI is InChI=1S/C16H14N4O2/c1-10(21)18-13-4-2-11(3-5-13)16(22)19-14-6-7-15-12(8-14)9-17-20-15/h2-9H,1H3,(H,17,20)(H,18,21)(H,19,22). The van der Waals surface area contributed by atoms with Gasteiger partial charge >= 0.3 is 0 Å². The minimum Gasteiger partial charge on any atom is -0.326 e. The largest absolute Gasteiger partial charge is 0.326 e. The molecule has 3 N–H and O–H groups in total. The number of aromatic nitrogens is 2. The molecule has 0 bridgehead atoms. The van der Waals surface area contributed by atoms with E-state index in [0.717, 1.165) is 10.9 Å². The van der Waals surface area contributed by atoms with Gasteiger partial charge in [0.1, 0.15) is 0 Å². The van der Waals surface area contributed by atoms with E-state index in [4.69, 9.17) is 0 Å². The molecule has 0 unspecified atom stereocenters. The van der Waals surface area contributed by atoms with Gasteiger partial charge in [-0.2, -0.15) is 5.10 Å². The molecular formula is C16H14N4O2. The summed E-state index contributed by atoms with van der Waals surface area (Å²) in [6, 6.07) is 12.2. The molecule has 0 atom stereocenters. The van der Waals surface area contributed by atoms with E-state index in [1.54, 1.807) is 30.5 Å². The minimum absolute atomic E-state index is 0.148. The number of nitrogens with zero attached hydrogens (tertiary/aromatic N) is 1. The average Bonchev–Trinajstić information content (AvgIpc) is 2.95. The van der Waals surface area contributed by atoms with Crippen LogP contribution in [0.3, 0.4) is 0 Å². The molecule has 2 amide bonds. The molecule has 0 aliphatic heterocycles. The van der Waals surface area contributed by atoms with E-state index in [2.05, 4.69) is 20.8 Å². The number of carbonyl (C=O) groups excluding carboxylic acids is 2. The Labute approximate surface area is 126 Å². The van der Waals surface area contributed by atoms with Gasteiger partial charge in [0.05, 0.1) is 11.7 Å². The van der Waals surface area contributed by atoms with Crippen molar-refractivity contribution in [3.05, 3.63) is 54.2 Å². The third-order valence-corrected chi connectivity index (χ3v) is 3.17. The Morgan fingerprint density at radius 1 is 1.00 bits per heavy atom. The Morgan fingerprint density at radius 2 is 1.73 bits per heavy atom. The monoisotopic (exact) mass is 294 g/mol. The van der Waals surface area contributed by atoms with Gasteiger partial charge in [0.15, 0.2) is 0 Å². The van der Waals surface area contributed by atoms with Gasteiger partial charge in [-0.15, -0.1) is 0 Å². The average molecular weight is 294 g/mol. The second-order valence-electron chi connectivity index (χ2n) is 4.88. The lowest BCUT2D eigenvalue weighted by atomic mass is 10.1. The Morgan fingerprint density at radius 3 is 2.45 bits per heavy atom. The predicted octanol–water partition coefficient (Wildman–Crippen LogP) is 2.77. The van der Waals surface area contributed by atoms with Gasteiger partial charge in [0, 0.05) is 29.2 Å². The second-order valence-corrected chi connectivity index (χ2v) is 4.88. The summed E-state index contributed by atoms with van der Waals surface area (Å²) in [7, 11) is 0. The van der Waals surface area contributed by atoms with Crippen LogP contribution in [0.25, 0.3) is 10.9 Å². The van der Waals surface area contributed by atoms with Crippen LogP contribution in [0.4, 0.5) is 11.4 Å². The zero-order valence-corrected chi connectivity index (χ0v) is 11.9. The predicted molar refractivity (Wildman–Crippen MR) is 84.8 cm³/mol. The number of fused-ring (bicyclic) bond motifs is 1. The van der Waals surface area contributed by atoms with Gasteiger partial charge < -0.3 is 10.6 Å². The van der Waals surface area contributed by atoms with Gasteiger partial charge in [-0.05, 0) is 42.5 Å². The van der Waals surface area contributed by atoms with Crippen LogP contribution in [0.5, 0.6) is 0 Å². The maximum absolute atomic E-state index is 12.2. The van der Waals surface area contributed by atoms with E-state index in [1.165, 1.54) is 6.92 Å². The van der Waals surface area contributed by atoms with Crippen molar-refractivity contribution in [3.8, 4) is 0 Å². The van der Waals surface area contributed by atoms with Gasteiger partial charge in [-0.25, -0.2) is 0 Å². The summed E-state index contributed by atoms with van der Waals surface area (Å²) in [6.45, 7) is 1.44. The summed E-state index contributed by atoms with van der Waals surface area (Å²) in [6.07, 6.45) is 1.70. The molecule has 0 saturated carbocycles. The van der Waals surface area contributed by atoms with E-state index in [0.29, 0.717) is 16.9 Å². The Kier molecular flexibility index (Phi) is 3.57. The highest BCUT2D eigenvalue weighted by molar-refractivity contribution is 6.05. The summed E-state index contributed by atoms with van der Waals surface area (Å²) in [5.41, 5.74) is 2.78. The van der Waals surface area contributed by atoms with Crippen molar-refractivity contribution in [2.75, 3.05) is 10.6 Å². The molecule has 0 saturated heterocycles. The summed E-state index contributed by atoms with van der Waals surface area (Å²) < 4.78 is 0. The van der Waals surface area contributed by atoms with E-state index in [-0.39, 0.29) is 11.8 Å². The molecule has 2 aromatic carbocycles. The highest BCUT2D eigenvalue weighted by Crippen LogP contribution is 2.18. The molecule has 1 aromatic heterocycles. The fourth-order valence-electron chi connectivity index (χ4n) is 2.13. The Balaban J connectivity index is 1.74. The summed E-state index contributed by atoms with van der Waals surface area (Å²) in [5.74, 6) is -0.358. The van der Waals surface area contributed by atoms with E-state index >= 15 is 0 Å². The number of anilines is 2. The van der Waals surface area contributed by atoms with Crippen molar-refractivity contribution in [3.63, 3.8) is 0 Å². The molecule has 0 radical (unpaired) electrons. The highest BCUT2D eigenvalue weighted by atomic mass is 16.2. The van der Waals surface area contributed by atoms with Crippen LogP contribution < -0.4 is 10.6 Å². The quantitative estimate of drug-likeness (QED) is 0.694. The fourth-order valence-corrected chi connectivity index (χ4v) is 2.13. The smallest absolute Gasteiger partial charge is 0.255 e. The van der Waals surface area contributed by atoms with E-state index in [9.17, 15) is 9.59 Å². The lowest BCUT2D eigenvalue weighted by Gasteiger charge is -2.07. The van der Waals surface area contributed by atoms with Crippen LogP contribution >= 0.6 is 0 Å². The van der Waals surface area contributed by atoms with Crippen molar-refractivity contribution in [1.29, 1.82) is 0 Å². The van der Waals surface area contributed by atoms with E-state index in [1.807, 2.05) is 18.2 Å². The van der Waals surface area contributed by atoms with Crippen molar-refractivity contribution in [1.82, 2.24) is 10.2 Å². The highest BCUT2D eigenvalue weighted by Gasteiger charge is 2.07. The molecule has 0 aliphatic carbocycles. The fraction of sp³-hybridized carbons (Fsp3) is 0.0625. The Hall–Kier alpha value is -3.15. The molecule has 3 rings (SSSR count). The zero-order chi connectivity index (χ0) is 15.5. The molecule has 22 heavy (non-hydrogen) atoms. The molecule has 1 heterocycles. The van der Waals surface area contributed by atoms with Gasteiger partial charge in [-0.1, -0.05) is 0 Å². The van der Waals surface area contributed by atoms with Crippen LogP contribution in [0.2, 0.25) is 0 Å². The number of rotatable bonds is 3. The van der Waals surface area contributed by atoms with Gasteiger partial charge in [-0.3, -0.25) is 14.7 Å². The van der Waals surface area contributed by atoms with Gasteiger partial charge in [0.2, 0.25) is 5.91 Å². The van der Waals surface area contributed by atoms with Crippen molar-refractivity contribution in [2.24, 2.45) is 0 Å². The van der Waals surface area contributed by atoms with Crippen LogP contribution in [0, 0.1) is 0 Å². The molecule has 0 aliphatic rings. The molecule has 110 valence electrons. The number of carbonyl (C=O) groups is 2. The van der Waals surface area contributed by atoms with Crippen molar-refractivity contribution < 1.29 is 9.59 Å². The number of H-pyrrole nitrogens is 1. The first kappa shape index (κ1) is 13.8. The lowest BCUT2D eigenvalue weighted by molar-refractivity contribution is -0.114. The second kappa shape index (κ2) is 5.69. The summed E-state index contributed by atoms with van der Waals surface area (Å²) in [4.78, 5) is 23.2. The molecular weight excluding hydrogens is 280 g/mol. The topological polar surface area (TPSA) is 86.9 Å². The number of hydrogen-bond donors (Lipinski definition) is 3. The van der Waals surface area contributed by atoms with Crippen LogP contribution in [0.15, 0.2) is 48.7 Å². The Bertz CT molecular complexity index is 837. The third kappa shape index (κ3) is 2.95. The first-order valence-electron chi connectivity index (χ1n) is 6.74. The SMILES string of the molecule is CC(=O)Nc1ccc(C(=O)Nc2ccc3[nH]ncc3c2)cc1. The maximum atomic E-state index is 12.2. The molecule has 6 nitrogen and oxygen atoms in total. The first-order chi connectivity index (χ1) is 10.6. The normalized spacial score (nSPS) is 10.4. The van der Waals surface area contributed by atoms with Crippen molar-refractivity contribution >= 4 is 34.1 Å². The zero-order valence-electron chi connectivity index (χ0n) is 11.9. The number of aromatic amines is 1. The minimum atomic E-state index is -0.211. The molecule has 3 aromatic rings. The summed E-state index contributed by atoms with van der Waals surface area (Å²) >= 11 is 0. The third-order valence-electron chi connectivity index (χ3n) is 3.17. The number of nitrogens with one attached hydrogen (secondary N) is 3. The first-order valence-corrected chi connectivity index (χ1v) is 6.74. The number of hydrogen-bond acceptors (Lipinski definition) is 3. The maximum Gasteiger partial charge on any atom is 0.255 e. The number of benzene rings is 2. The van der Waals surface area contributed by atoms with Crippen molar-refractivity contribution in [2.45, 2.75) is 6.92 Å². The van der Waals surface area contributed by atoms with Crippen LogP contribution in [0.1, 0.15) is 17.3 Å². The van der Waals surface area contributed by atoms with Crippen LogP contribution in [-0.4, -0.2) is 22.0 Å².